The van der Waals surface area contributed by atoms with Crippen molar-refractivity contribution in [3.8, 4) is 0 Å². The number of hydrogen-bond donors (Lipinski definition) is 0. The van der Waals surface area contributed by atoms with Crippen molar-refractivity contribution in [1.29, 1.82) is 0 Å². The molecule has 18 heavy (non-hydrogen) atoms. The second kappa shape index (κ2) is 4.73. The van der Waals surface area contributed by atoms with Crippen molar-refractivity contribution in [1.82, 2.24) is 0 Å². The predicted molar refractivity (Wildman–Crippen MR) is 87.4 cm³/mol. The van der Waals surface area contributed by atoms with Gasteiger partial charge >= 0.3 is 0 Å². The largest absolute Gasteiger partial charge is 0.0917 e. The summed E-state index contributed by atoms with van der Waals surface area (Å²) >= 11 is 2.37. The van der Waals surface area contributed by atoms with Crippen LogP contribution in [0.2, 0.25) is 0 Å². The molecule has 0 saturated carbocycles. The molecule has 0 saturated heterocycles. The quantitative estimate of drug-likeness (QED) is 0.560. The SMILES string of the molecule is C=C1C=C(I)/C=C2\C/C(=C\C=C/1)c1ccccc12. The molecule has 0 spiro atoms. The van der Waals surface area contributed by atoms with Gasteiger partial charge in [-0.25, -0.2) is 0 Å². The van der Waals surface area contributed by atoms with Crippen molar-refractivity contribution < 1.29 is 0 Å². The Labute approximate surface area is 121 Å². The standard InChI is InChI=1S/C17H13I/c1-12-5-4-6-13-10-14(11-15(18)9-12)17-8-3-2-7-16(13)17/h2-9,11H,1,10H2/b5-4-,13-6+,14-11+,15-9?. The fourth-order valence-corrected chi connectivity index (χ4v) is 3.21. The van der Waals surface area contributed by atoms with Gasteiger partial charge in [0.15, 0.2) is 0 Å². The summed E-state index contributed by atoms with van der Waals surface area (Å²) < 4.78 is 1.23. The number of rotatable bonds is 0. The molecule has 0 aromatic heterocycles. The van der Waals surface area contributed by atoms with E-state index in [0.717, 1.165) is 12.0 Å². The lowest BCUT2D eigenvalue weighted by molar-refractivity contribution is 1.50. The Morgan fingerprint density at radius 1 is 1.00 bits per heavy atom. The van der Waals surface area contributed by atoms with E-state index < -0.39 is 0 Å². The average Bonchev–Trinajstić information content (AvgIpc) is 2.67. The van der Waals surface area contributed by atoms with Crippen molar-refractivity contribution in [2.45, 2.75) is 6.42 Å². The number of fused-ring (bicyclic) bond motifs is 5. The van der Waals surface area contributed by atoms with Gasteiger partial charge in [-0.05, 0) is 69.0 Å². The molecule has 0 unspecified atom stereocenters. The molecule has 1 heteroatoms. The zero-order chi connectivity index (χ0) is 12.5. The Kier molecular flexibility index (Phi) is 3.08. The van der Waals surface area contributed by atoms with Crippen molar-refractivity contribution in [3.63, 3.8) is 0 Å². The minimum atomic E-state index is 1.02. The fraction of sp³-hybridized carbons (Fsp3) is 0.0588. The molecular formula is C17H13I. The number of halogens is 1. The van der Waals surface area contributed by atoms with Crippen LogP contribution in [0.3, 0.4) is 0 Å². The van der Waals surface area contributed by atoms with E-state index in [1.165, 1.54) is 25.9 Å². The van der Waals surface area contributed by atoms with E-state index in [-0.39, 0.29) is 0 Å². The molecular weight excluding hydrogens is 331 g/mol. The van der Waals surface area contributed by atoms with Gasteiger partial charge in [-0.1, -0.05) is 49.1 Å². The van der Waals surface area contributed by atoms with Crippen molar-refractivity contribution in [3.05, 3.63) is 81.5 Å². The monoisotopic (exact) mass is 344 g/mol. The third-order valence-corrected chi connectivity index (χ3v) is 3.87. The van der Waals surface area contributed by atoms with Gasteiger partial charge in [-0.3, -0.25) is 0 Å². The molecule has 3 rings (SSSR count). The van der Waals surface area contributed by atoms with Crippen molar-refractivity contribution >= 4 is 33.7 Å². The lowest BCUT2D eigenvalue weighted by atomic mass is 10.1. The molecule has 0 radical (unpaired) electrons. The first kappa shape index (κ1) is 11.7. The first-order valence-electron chi connectivity index (χ1n) is 5.98. The van der Waals surface area contributed by atoms with Gasteiger partial charge in [0.2, 0.25) is 0 Å². The first-order valence-corrected chi connectivity index (χ1v) is 7.05. The molecule has 88 valence electrons. The summed E-state index contributed by atoms with van der Waals surface area (Å²) in [5.74, 6) is 0. The summed E-state index contributed by atoms with van der Waals surface area (Å²) in [6, 6.07) is 8.64. The zero-order valence-electron chi connectivity index (χ0n) is 9.99. The summed E-state index contributed by atoms with van der Waals surface area (Å²) in [4.78, 5) is 0. The van der Waals surface area contributed by atoms with E-state index in [9.17, 15) is 0 Å². The number of benzene rings is 1. The van der Waals surface area contributed by atoms with Crippen LogP contribution in [0, 0.1) is 0 Å². The highest BCUT2D eigenvalue weighted by Gasteiger charge is 2.20. The van der Waals surface area contributed by atoms with E-state index in [1.54, 1.807) is 0 Å². The molecule has 1 aromatic carbocycles. The highest BCUT2D eigenvalue weighted by molar-refractivity contribution is 14.1. The van der Waals surface area contributed by atoms with Gasteiger partial charge < -0.3 is 0 Å². The van der Waals surface area contributed by atoms with Gasteiger partial charge in [0.25, 0.3) is 0 Å². The van der Waals surface area contributed by atoms with Gasteiger partial charge in [0, 0.05) is 3.58 Å². The minimum Gasteiger partial charge on any atom is -0.0917 e. The second-order valence-corrected chi connectivity index (χ2v) is 5.79. The van der Waals surface area contributed by atoms with Crippen molar-refractivity contribution in [2.24, 2.45) is 0 Å². The van der Waals surface area contributed by atoms with E-state index in [4.69, 9.17) is 0 Å². The molecule has 0 nitrogen and oxygen atoms in total. The number of hydrogen-bond acceptors (Lipinski definition) is 0. The smallest absolute Gasteiger partial charge is 0.0139 e. The number of allylic oxidation sites excluding steroid dienone is 9. The molecule has 0 atom stereocenters. The summed E-state index contributed by atoms with van der Waals surface area (Å²) in [5.41, 5.74) is 6.57. The Morgan fingerprint density at radius 2 is 1.72 bits per heavy atom. The van der Waals surface area contributed by atoms with Gasteiger partial charge in [0.05, 0.1) is 0 Å². The predicted octanol–water partition coefficient (Wildman–Crippen LogP) is 5.30. The van der Waals surface area contributed by atoms with Crippen LogP contribution in [-0.2, 0) is 0 Å². The van der Waals surface area contributed by atoms with Crippen molar-refractivity contribution in [2.75, 3.05) is 0 Å². The fourth-order valence-electron chi connectivity index (χ4n) is 2.44. The average molecular weight is 344 g/mol. The van der Waals surface area contributed by atoms with E-state index in [2.05, 4.69) is 83.8 Å². The Morgan fingerprint density at radius 3 is 2.50 bits per heavy atom. The molecule has 0 N–H and O–H groups in total. The summed E-state index contributed by atoms with van der Waals surface area (Å²) in [5, 5.41) is 0. The zero-order valence-corrected chi connectivity index (χ0v) is 12.1. The van der Waals surface area contributed by atoms with Crippen LogP contribution in [0.25, 0.3) is 11.1 Å². The maximum Gasteiger partial charge on any atom is 0.0139 e. The lowest BCUT2D eigenvalue weighted by Crippen LogP contribution is -1.79. The van der Waals surface area contributed by atoms with Crippen LogP contribution in [0.15, 0.2) is 70.4 Å². The molecule has 0 aliphatic heterocycles. The highest BCUT2D eigenvalue weighted by atomic mass is 127. The first-order chi connectivity index (χ1) is 8.74. The van der Waals surface area contributed by atoms with E-state index in [0.29, 0.717) is 0 Å². The maximum atomic E-state index is 4.03. The highest BCUT2D eigenvalue weighted by Crippen LogP contribution is 2.41. The van der Waals surface area contributed by atoms with E-state index >= 15 is 0 Å². The van der Waals surface area contributed by atoms with Crippen LogP contribution in [0.4, 0.5) is 0 Å². The Hall–Kier alpha value is -1.35. The van der Waals surface area contributed by atoms with Gasteiger partial charge in [0.1, 0.15) is 0 Å². The molecule has 1 aromatic rings. The maximum absolute atomic E-state index is 4.03. The summed E-state index contributed by atoms with van der Waals surface area (Å²) in [6.07, 6.45) is 11.8. The van der Waals surface area contributed by atoms with Gasteiger partial charge in [-0.2, -0.15) is 0 Å². The van der Waals surface area contributed by atoms with Crippen LogP contribution in [-0.4, -0.2) is 0 Å². The lowest BCUT2D eigenvalue weighted by Gasteiger charge is -2.00. The molecule has 0 amide bonds. The van der Waals surface area contributed by atoms with Crippen LogP contribution in [0.5, 0.6) is 0 Å². The summed E-state index contributed by atoms with van der Waals surface area (Å²) in [6.45, 7) is 4.03. The van der Waals surface area contributed by atoms with Crippen LogP contribution in [0.1, 0.15) is 17.5 Å². The third-order valence-electron chi connectivity index (χ3n) is 3.24. The third kappa shape index (κ3) is 2.15. The Bertz CT molecular complexity index is 639. The molecule has 0 heterocycles. The van der Waals surface area contributed by atoms with E-state index in [1.807, 2.05) is 0 Å². The van der Waals surface area contributed by atoms with Gasteiger partial charge in [-0.15, -0.1) is 0 Å². The molecule has 0 fully saturated rings. The summed E-state index contributed by atoms with van der Waals surface area (Å²) in [7, 11) is 0. The topological polar surface area (TPSA) is 0 Å². The molecule has 2 aliphatic rings. The Balaban J connectivity index is 2.23. The normalized spacial score (nSPS) is 25.4. The molecule has 2 aliphatic carbocycles. The van der Waals surface area contributed by atoms with Crippen LogP contribution < -0.4 is 0 Å². The molecule has 2 bridgehead atoms. The van der Waals surface area contributed by atoms with Crippen LogP contribution >= 0.6 is 22.6 Å². The second-order valence-electron chi connectivity index (χ2n) is 4.55. The minimum absolute atomic E-state index is 1.02.